The average molecular weight is 278 g/mol. The third-order valence-electron chi connectivity index (χ3n) is 3.41. The molecule has 4 nitrogen and oxygen atoms in total. The summed E-state index contributed by atoms with van der Waals surface area (Å²) in [6, 6.07) is 15.8. The summed E-state index contributed by atoms with van der Waals surface area (Å²) in [7, 11) is 1.64. The minimum Gasteiger partial charge on any atom is -0.497 e. The van der Waals surface area contributed by atoms with Crippen molar-refractivity contribution in [2.45, 2.75) is 0 Å². The van der Waals surface area contributed by atoms with Gasteiger partial charge in [0.2, 0.25) is 0 Å². The fourth-order valence-electron chi connectivity index (χ4n) is 2.37. The van der Waals surface area contributed by atoms with E-state index >= 15 is 0 Å². The zero-order valence-electron chi connectivity index (χ0n) is 11.6. The van der Waals surface area contributed by atoms with E-state index in [4.69, 9.17) is 4.74 Å². The summed E-state index contributed by atoms with van der Waals surface area (Å²) >= 11 is 0. The van der Waals surface area contributed by atoms with Crippen LogP contribution in [0.2, 0.25) is 0 Å². The van der Waals surface area contributed by atoms with Gasteiger partial charge in [0, 0.05) is 5.56 Å². The van der Waals surface area contributed by atoms with E-state index in [2.05, 4.69) is 4.99 Å². The van der Waals surface area contributed by atoms with Crippen LogP contribution in [0.1, 0.15) is 0 Å². The van der Waals surface area contributed by atoms with Crippen molar-refractivity contribution < 1.29 is 9.53 Å². The number of hydrogen-bond acceptors (Lipinski definition) is 4. The highest BCUT2D eigenvalue weighted by Gasteiger charge is 2.20. The molecule has 0 fully saturated rings. The lowest BCUT2D eigenvalue weighted by molar-refractivity contribution is 0.415. The van der Waals surface area contributed by atoms with Crippen LogP contribution < -0.4 is 9.64 Å². The molecule has 0 radical (unpaired) electrons. The third-order valence-corrected chi connectivity index (χ3v) is 3.41. The van der Waals surface area contributed by atoms with Gasteiger partial charge in [0.15, 0.2) is 5.94 Å². The van der Waals surface area contributed by atoms with Crippen molar-refractivity contribution >= 4 is 17.8 Å². The summed E-state index contributed by atoms with van der Waals surface area (Å²) < 4.78 is 5.31. The lowest BCUT2D eigenvalue weighted by Gasteiger charge is -2.21. The SMILES string of the molecule is COc1ccc(N2CN=CC2=C=O)c(-c2ccccc2)c1. The van der Waals surface area contributed by atoms with Gasteiger partial charge in [0.1, 0.15) is 18.1 Å². The fourth-order valence-corrected chi connectivity index (χ4v) is 2.37. The van der Waals surface area contributed by atoms with Gasteiger partial charge in [-0.15, -0.1) is 0 Å². The first-order chi connectivity index (χ1) is 10.3. The van der Waals surface area contributed by atoms with Crippen LogP contribution in [-0.4, -0.2) is 25.9 Å². The number of benzene rings is 2. The molecule has 0 N–H and O–H groups in total. The van der Waals surface area contributed by atoms with E-state index in [0.29, 0.717) is 12.4 Å². The second-order valence-electron chi connectivity index (χ2n) is 4.62. The predicted molar refractivity (Wildman–Crippen MR) is 83.5 cm³/mol. The zero-order chi connectivity index (χ0) is 14.7. The molecule has 0 aromatic heterocycles. The van der Waals surface area contributed by atoms with Crippen LogP contribution in [0.4, 0.5) is 5.69 Å². The maximum atomic E-state index is 11.0. The predicted octanol–water partition coefficient (Wildman–Crippen LogP) is 2.93. The Balaban J connectivity index is 2.15. The number of hydrogen-bond donors (Lipinski definition) is 0. The maximum Gasteiger partial charge on any atom is 0.152 e. The largest absolute Gasteiger partial charge is 0.497 e. The zero-order valence-corrected chi connectivity index (χ0v) is 11.6. The second-order valence-corrected chi connectivity index (χ2v) is 4.62. The van der Waals surface area contributed by atoms with E-state index in [0.717, 1.165) is 22.6 Å². The van der Waals surface area contributed by atoms with Crippen LogP contribution in [0.15, 0.2) is 59.2 Å². The summed E-state index contributed by atoms with van der Waals surface area (Å²) in [5.41, 5.74) is 3.41. The summed E-state index contributed by atoms with van der Waals surface area (Å²) in [6.07, 6.45) is 1.55. The van der Waals surface area contributed by atoms with Crippen molar-refractivity contribution in [1.82, 2.24) is 0 Å². The molecule has 3 rings (SSSR count). The minimum absolute atomic E-state index is 0.427. The molecule has 0 unspecified atom stereocenters. The Kier molecular flexibility index (Phi) is 3.54. The summed E-state index contributed by atoms with van der Waals surface area (Å²) in [6.45, 7) is 0.427. The van der Waals surface area contributed by atoms with Gasteiger partial charge < -0.3 is 9.64 Å². The van der Waals surface area contributed by atoms with Gasteiger partial charge in [-0.1, -0.05) is 30.3 Å². The van der Waals surface area contributed by atoms with Gasteiger partial charge in [0.05, 0.1) is 19.0 Å². The number of anilines is 1. The molecule has 2 aromatic carbocycles. The maximum absolute atomic E-state index is 11.0. The molecule has 0 atom stereocenters. The van der Waals surface area contributed by atoms with Gasteiger partial charge >= 0.3 is 0 Å². The molecule has 0 saturated carbocycles. The van der Waals surface area contributed by atoms with Crippen molar-refractivity contribution in [1.29, 1.82) is 0 Å². The van der Waals surface area contributed by atoms with Crippen LogP contribution in [0.5, 0.6) is 5.75 Å². The van der Waals surface area contributed by atoms with E-state index in [1.807, 2.05) is 59.4 Å². The van der Waals surface area contributed by atoms with Crippen LogP contribution in [-0.2, 0) is 4.79 Å². The monoisotopic (exact) mass is 278 g/mol. The molecule has 1 heterocycles. The molecule has 0 spiro atoms. The van der Waals surface area contributed by atoms with Gasteiger partial charge in [-0.3, -0.25) is 4.99 Å². The van der Waals surface area contributed by atoms with Gasteiger partial charge in [-0.05, 0) is 23.8 Å². The Labute approximate surface area is 123 Å². The quantitative estimate of drug-likeness (QED) is 0.811. The lowest BCUT2D eigenvalue weighted by Crippen LogP contribution is -2.19. The molecule has 21 heavy (non-hydrogen) atoms. The van der Waals surface area contributed by atoms with Crippen molar-refractivity contribution in [3.63, 3.8) is 0 Å². The second kappa shape index (κ2) is 5.65. The number of allylic oxidation sites excluding steroid dienone is 1. The highest BCUT2D eigenvalue weighted by atomic mass is 16.5. The molecular formula is C17H14N2O2. The van der Waals surface area contributed by atoms with Gasteiger partial charge in [0.25, 0.3) is 0 Å². The first kappa shape index (κ1) is 13.2. The van der Waals surface area contributed by atoms with Crippen LogP contribution >= 0.6 is 0 Å². The molecule has 0 aliphatic carbocycles. The normalized spacial score (nSPS) is 13.4. The molecule has 0 amide bonds. The van der Waals surface area contributed by atoms with E-state index in [-0.39, 0.29) is 0 Å². The van der Waals surface area contributed by atoms with E-state index in [1.165, 1.54) is 0 Å². The number of ether oxygens (including phenoxy) is 1. The van der Waals surface area contributed by atoms with Crippen molar-refractivity contribution in [2.75, 3.05) is 18.7 Å². The number of rotatable bonds is 3. The van der Waals surface area contributed by atoms with E-state index in [9.17, 15) is 4.79 Å². The summed E-state index contributed by atoms with van der Waals surface area (Å²) in [5, 5.41) is 0. The summed E-state index contributed by atoms with van der Waals surface area (Å²) in [4.78, 5) is 17.0. The van der Waals surface area contributed by atoms with Crippen molar-refractivity contribution in [2.24, 2.45) is 4.99 Å². The molecule has 1 aliphatic rings. The van der Waals surface area contributed by atoms with E-state index in [1.54, 1.807) is 13.3 Å². The highest BCUT2D eigenvalue weighted by molar-refractivity contribution is 5.98. The molecule has 0 saturated heterocycles. The number of methoxy groups -OCH3 is 1. The number of aliphatic imine (C=N–C) groups is 1. The minimum atomic E-state index is 0.427. The fraction of sp³-hybridized carbons (Fsp3) is 0.118. The lowest BCUT2D eigenvalue weighted by atomic mass is 10.0. The highest BCUT2D eigenvalue weighted by Crippen LogP contribution is 2.36. The topological polar surface area (TPSA) is 41.9 Å². The van der Waals surface area contributed by atoms with Gasteiger partial charge in [-0.2, -0.15) is 0 Å². The number of nitrogens with zero attached hydrogens (tertiary/aromatic N) is 2. The Morgan fingerprint density at radius 2 is 2.00 bits per heavy atom. The Morgan fingerprint density at radius 1 is 1.19 bits per heavy atom. The molecule has 2 aromatic rings. The molecule has 1 aliphatic heterocycles. The van der Waals surface area contributed by atoms with Crippen LogP contribution in [0.25, 0.3) is 11.1 Å². The molecular weight excluding hydrogens is 264 g/mol. The van der Waals surface area contributed by atoms with Crippen molar-refractivity contribution in [3.8, 4) is 16.9 Å². The number of carbonyl (C=O) groups excluding carboxylic acids is 1. The van der Waals surface area contributed by atoms with Crippen LogP contribution in [0.3, 0.4) is 0 Å². The average Bonchev–Trinajstić information content (AvgIpc) is 3.03. The Morgan fingerprint density at radius 3 is 2.71 bits per heavy atom. The molecule has 0 bridgehead atoms. The Bertz CT molecular complexity index is 732. The standard InChI is InChI=1S/C17H14N2O2/c1-21-15-7-8-17(19-12-18-10-14(19)11-20)16(9-15)13-5-3-2-4-6-13/h2-10H,12H2,1H3. The van der Waals surface area contributed by atoms with Gasteiger partial charge in [-0.25, -0.2) is 4.79 Å². The van der Waals surface area contributed by atoms with E-state index < -0.39 is 0 Å². The van der Waals surface area contributed by atoms with Crippen molar-refractivity contribution in [3.05, 3.63) is 54.2 Å². The van der Waals surface area contributed by atoms with Crippen LogP contribution in [0, 0.1) is 0 Å². The third kappa shape index (κ3) is 2.45. The first-order valence-corrected chi connectivity index (χ1v) is 6.59. The first-order valence-electron chi connectivity index (χ1n) is 6.59. The smallest absolute Gasteiger partial charge is 0.152 e. The molecule has 104 valence electrons. The Hall–Kier alpha value is -2.84. The molecule has 4 heteroatoms. The summed E-state index contributed by atoms with van der Waals surface area (Å²) in [5.74, 6) is 2.70.